The second kappa shape index (κ2) is 3.54. The van der Waals surface area contributed by atoms with Crippen molar-refractivity contribution in [1.29, 1.82) is 0 Å². The maximum atomic E-state index is 3.59. The van der Waals surface area contributed by atoms with E-state index in [1.54, 1.807) is 0 Å². The van der Waals surface area contributed by atoms with E-state index in [1.165, 1.54) is 15.6 Å². The van der Waals surface area contributed by atoms with E-state index in [0.717, 1.165) is 13.1 Å². The van der Waals surface area contributed by atoms with Gasteiger partial charge in [0.05, 0.1) is 0 Å². The number of hydrogen-bond donors (Lipinski definition) is 0. The van der Waals surface area contributed by atoms with Crippen molar-refractivity contribution in [2.45, 2.75) is 13.5 Å². The molecule has 0 saturated carbocycles. The van der Waals surface area contributed by atoms with Crippen LogP contribution < -0.4 is 0 Å². The van der Waals surface area contributed by atoms with Crippen molar-refractivity contribution >= 4 is 20.4 Å². The molecule has 0 aliphatic carbocycles. The van der Waals surface area contributed by atoms with Crippen LogP contribution in [0.3, 0.4) is 0 Å². The lowest BCUT2D eigenvalue weighted by molar-refractivity contribution is 0.387. The molecule has 13 heavy (non-hydrogen) atoms. The van der Waals surface area contributed by atoms with Crippen LogP contribution in [0.25, 0.3) is 4.48 Å². The first-order valence-corrected chi connectivity index (χ1v) is 5.30. The first-order chi connectivity index (χ1) is 6.31. The first-order valence-electron chi connectivity index (χ1n) is 4.51. The molecule has 1 aliphatic heterocycles. The lowest BCUT2D eigenvalue weighted by atomic mass is 10.0. The van der Waals surface area contributed by atoms with E-state index in [9.17, 15) is 0 Å². The maximum absolute atomic E-state index is 3.59. The van der Waals surface area contributed by atoms with Gasteiger partial charge in [0.15, 0.2) is 0 Å². The van der Waals surface area contributed by atoms with E-state index in [-0.39, 0.29) is 0 Å². The molecule has 1 aromatic rings. The van der Waals surface area contributed by atoms with Crippen LogP contribution in [0, 0.1) is 0 Å². The predicted molar refractivity (Wildman–Crippen MR) is 59.4 cm³/mol. The Bertz CT molecular complexity index is 344. The van der Waals surface area contributed by atoms with Gasteiger partial charge in [0.1, 0.15) is 0 Å². The largest absolute Gasteiger partial charge is 0.372 e. The zero-order valence-corrected chi connectivity index (χ0v) is 9.21. The van der Waals surface area contributed by atoms with Gasteiger partial charge in [-0.25, -0.2) is 0 Å². The van der Waals surface area contributed by atoms with Crippen LogP contribution in [0.4, 0.5) is 0 Å². The van der Waals surface area contributed by atoms with Crippen molar-refractivity contribution < 1.29 is 0 Å². The molecule has 0 amide bonds. The number of benzene rings is 1. The van der Waals surface area contributed by atoms with Crippen LogP contribution >= 0.6 is 15.9 Å². The third kappa shape index (κ3) is 1.63. The highest BCUT2D eigenvalue weighted by Crippen LogP contribution is 2.30. The molecule has 0 aromatic heterocycles. The summed E-state index contributed by atoms with van der Waals surface area (Å²) in [4.78, 5) is 2.30. The molecule has 1 heterocycles. The Labute approximate surface area is 87.2 Å². The van der Waals surface area contributed by atoms with Gasteiger partial charge in [-0.05, 0) is 34.0 Å². The second-order valence-corrected chi connectivity index (χ2v) is 4.05. The molecule has 1 aliphatic rings. The number of hydrogen-bond acceptors (Lipinski definition) is 1. The number of nitrogens with zero attached hydrogens (tertiary/aromatic N) is 1. The van der Waals surface area contributed by atoms with Crippen molar-refractivity contribution in [2.75, 3.05) is 6.54 Å². The van der Waals surface area contributed by atoms with E-state index < -0.39 is 0 Å². The van der Waals surface area contributed by atoms with E-state index in [0.29, 0.717) is 0 Å². The fourth-order valence-electron chi connectivity index (χ4n) is 1.59. The minimum absolute atomic E-state index is 1.03. The summed E-state index contributed by atoms with van der Waals surface area (Å²) in [5, 5.41) is 0. The maximum Gasteiger partial charge on any atom is 0.0430 e. The van der Waals surface area contributed by atoms with E-state index >= 15 is 0 Å². The van der Waals surface area contributed by atoms with Crippen LogP contribution in [0.1, 0.15) is 18.1 Å². The fourth-order valence-corrected chi connectivity index (χ4v) is 2.26. The van der Waals surface area contributed by atoms with Gasteiger partial charge in [0, 0.05) is 23.8 Å². The van der Waals surface area contributed by atoms with Gasteiger partial charge in [-0.1, -0.05) is 24.3 Å². The normalized spacial score (nSPS) is 15.2. The number of rotatable bonds is 1. The van der Waals surface area contributed by atoms with Crippen molar-refractivity contribution in [1.82, 2.24) is 4.90 Å². The van der Waals surface area contributed by atoms with Crippen molar-refractivity contribution in [2.24, 2.45) is 0 Å². The van der Waals surface area contributed by atoms with E-state index in [2.05, 4.69) is 58.2 Å². The highest BCUT2D eigenvalue weighted by Gasteiger charge is 2.13. The molecule has 1 aromatic carbocycles. The van der Waals surface area contributed by atoms with Crippen molar-refractivity contribution in [3.05, 3.63) is 41.6 Å². The molecule has 1 nitrogen and oxygen atoms in total. The minimum atomic E-state index is 1.03. The smallest absolute Gasteiger partial charge is 0.0430 e. The summed E-state index contributed by atoms with van der Waals surface area (Å²) in [6.45, 7) is 4.26. The van der Waals surface area contributed by atoms with Gasteiger partial charge in [-0.3, -0.25) is 0 Å². The lowest BCUT2D eigenvalue weighted by Crippen LogP contribution is -2.20. The van der Waals surface area contributed by atoms with Crippen LogP contribution in [-0.4, -0.2) is 11.4 Å². The van der Waals surface area contributed by atoms with Gasteiger partial charge in [-0.2, -0.15) is 0 Å². The van der Waals surface area contributed by atoms with Gasteiger partial charge in [0.25, 0.3) is 0 Å². The van der Waals surface area contributed by atoms with Crippen LogP contribution in [0.5, 0.6) is 0 Å². The standard InChI is InChI=1S/C11H12BrN/c1-2-13-7-9-5-3-4-6-10(9)11(12)8-13/h3-6,8H,2,7H2,1H3. The third-order valence-electron chi connectivity index (χ3n) is 2.35. The fraction of sp³-hybridized carbons (Fsp3) is 0.273. The third-order valence-corrected chi connectivity index (χ3v) is 2.98. The summed E-state index contributed by atoms with van der Waals surface area (Å²) >= 11 is 3.59. The minimum Gasteiger partial charge on any atom is -0.372 e. The summed E-state index contributed by atoms with van der Waals surface area (Å²) in [5.74, 6) is 0. The number of halogens is 1. The first kappa shape index (κ1) is 8.82. The molecule has 0 unspecified atom stereocenters. The molecule has 0 N–H and O–H groups in total. The molecule has 0 saturated heterocycles. The Hall–Kier alpha value is -0.760. The van der Waals surface area contributed by atoms with Crippen molar-refractivity contribution in [3.8, 4) is 0 Å². The summed E-state index contributed by atoms with van der Waals surface area (Å²) in [6, 6.07) is 8.52. The molecule has 2 rings (SSSR count). The molecule has 68 valence electrons. The molecule has 0 fully saturated rings. The highest BCUT2D eigenvalue weighted by atomic mass is 79.9. The average Bonchev–Trinajstić information content (AvgIpc) is 2.18. The Morgan fingerprint density at radius 1 is 1.38 bits per heavy atom. The van der Waals surface area contributed by atoms with Crippen LogP contribution in [0.2, 0.25) is 0 Å². The molecule has 0 atom stereocenters. The Morgan fingerprint density at radius 3 is 2.92 bits per heavy atom. The number of fused-ring (bicyclic) bond motifs is 1. The predicted octanol–water partition coefficient (Wildman–Crippen LogP) is 3.22. The SMILES string of the molecule is CCN1C=C(Br)c2ccccc2C1. The molecule has 0 spiro atoms. The Kier molecular flexibility index (Phi) is 2.40. The summed E-state index contributed by atoms with van der Waals surface area (Å²) in [5.41, 5.74) is 2.73. The molecular formula is C11H12BrN. The quantitative estimate of drug-likeness (QED) is 0.726. The summed E-state index contributed by atoms with van der Waals surface area (Å²) in [6.07, 6.45) is 2.17. The summed E-state index contributed by atoms with van der Waals surface area (Å²) < 4.78 is 1.19. The van der Waals surface area contributed by atoms with Gasteiger partial charge in [-0.15, -0.1) is 0 Å². The lowest BCUT2D eigenvalue weighted by Gasteiger charge is -2.25. The zero-order valence-electron chi connectivity index (χ0n) is 7.63. The Balaban J connectivity index is 2.42. The average molecular weight is 238 g/mol. The second-order valence-electron chi connectivity index (χ2n) is 3.20. The molecule has 2 heteroatoms. The van der Waals surface area contributed by atoms with Gasteiger partial charge >= 0.3 is 0 Å². The molecular weight excluding hydrogens is 226 g/mol. The van der Waals surface area contributed by atoms with Crippen LogP contribution in [0.15, 0.2) is 30.5 Å². The zero-order chi connectivity index (χ0) is 9.26. The van der Waals surface area contributed by atoms with Crippen LogP contribution in [-0.2, 0) is 6.54 Å². The van der Waals surface area contributed by atoms with E-state index in [4.69, 9.17) is 0 Å². The van der Waals surface area contributed by atoms with E-state index in [1.807, 2.05) is 0 Å². The monoisotopic (exact) mass is 237 g/mol. The van der Waals surface area contributed by atoms with Crippen molar-refractivity contribution in [3.63, 3.8) is 0 Å². The molecule has 0 bridgehead atoms. The summed E-state index contributed by atoms with van der Waals surface area (Å²) in [7, 11) is 0. The van der Waals surface area contributed by atoms with Gasteiger partial charge < -0.3 is 4.90 Å². The Morgan fingerprint density at radius 2 is 2.15 bits per heavy atom. The van der Waals surface area contributed by atoms with Gasteiger partial charge in [0.2, 0.25) is 0 Å². The molecule has 0 radical (unpaired) electrons. The topological polar surface area (TPSA) is 3.24 Å². The highest BCUT2D eigenvalue weighted by molar-refractivity contribution is 9.15.